The third-order valence-electron chi connectivity index (χ3n) is 0.813. The van der Waals surface area contributed by atoms with Crippen molar-refractivity contribution >= 4 is 0 Å². The molecule has 1 heterocycles. The predicted molar refractivity (Wildman–Crippen MR) is 26.1 cm³/mol. The summed E-state index contributed by atoms with van der Waals surface area (Å²) in [5.74, 6) is 0. The van der Waals surface area contributed by atoms with Crippen LogP contribution in [0.1, 0.15) is 16.9 Å². The molecule has 0 aliphatic carbocycles. The van der Waals surface area contributed by atoms with Crippen molar-refractivity contribution in [3.63, 3.8) is 0 Å². The molecule has 0 amide bonds. The van der Waals surface area contributed by atoms with Crippen LogP contribution in [0.3, 0.4) is 0 Å². The van der Waals surface area contributed by atoms with Crippen molar-refractivity contribution in [1.82, 2.24) is 0 Å². The summed E-state index contributed by atoms with van der Waals surface area (Å²) in [5.41, 5.74) is 0. The molecule has 0 saturated carbocycles. The highest BCUT2D eigenvalue weighted by atomic mass is 16.5. The molecule has 2 nitrogen and oxygen atoms in total. The first-order valence-electron chi connectivity index (χ1n) is 3.94. The van der Waals surface area contributed by atoms with Crippen LogP contribution >= 0.6 is 0 Å². The Morgan fingerprint density at radius 1 is 1.71 bits per heavy atom. The van der Waals surface area contributed by atoms with E-state index in [0.717, 1.165) is 0 Å². The minimum atomic E-state index is -1.06. The van der Waals surface area contributed by atoms with E-state index in [1.54, 1.807) is 0 Å². The zero-order valence-corrected chi connectivity index (χ0v) is 3.87. The van der Waals surface area contributed by atoms with Crippen molar-refractivity contribution in [2.24, 2.45) is 0 Å². The minimum Gasteiger partial charge on any atom is -0.393 e. The van der Waals surface area contributed by atoms with E-state index in [9.17, 15) is 0 Å². The highest BCUT2D eigenvalue weighted by molar-refractivity contribution is 4.58. The molecular formula is C5H10O2. The fourth-order valence-corrected chi connectivity index (χ4v) is 0.424. The second-order valence-corrected chi connectivity index (χ2v) is 1.43. The van der Waals surface area contributed by atoms with Crippen LogP contribution in [-0.2, 0) is 4.74 Å². The molecule has 7 heavy (non-hydrogen) atoms. The molecule has 0 spiro atoms. The van der Waals surface area contributed by atoms with E-state index in [2.05, 4.69) is 4.74 Å². The van der Waals surface area contributed by atoms with Gasteiger partial charge in [0.25, 0.3) is 0 Å². The van der Waals surface area contributed by atoms with E-state index in [-0.39, 0.29) is 6.42 Å². The minimum absolute atomic E-state index is 0.142. The number of hydrogen-bond donors (Lipinski definition) is 1. The third kappa shape index (κ3) is 1.45. The smallest absolute Gasteiger partial charge is 0.0584 e. The Kier molecular flexibility index (Phi) is 0.804. The van der Waals surface area contributed by atoms with E-state index < -0.39 is 25.7 Å². The maximum Gasteiger partial charge on any atom is 0.0584 e. The Morgan fingerprint density at radius 2 is 2.57 bits per heavy atom. The average molecular weight is 105 g/mol. The number of aliphatic hydroxyl groups excluding tert-OH is 1. The summed E-state index contributed by atoms with van der Waals surface area (Å²) in [4.78, 5) is 0. The number of hydrogen-bond acceptors (Lipinski definition) is 2. The lowest BCUT2D eigenvalue weighted by Crippen LogP contribution is -2.19. The Labute approximate surface area is 47.3 Å². The van der Waals surface area contributed by atoms with Crippen molar-refractivity contribution in [1.29, 1.82) is 0 Å². The van der Waals surface area contributed by atoms with Crippen LogP contribution in [0, 0.1) is 0 Å². The molecular weight excluding hydrogens is 92.1 g/mol. The lowest BCUT2D eigenvalue weighted by atomic mass is 10.2. The quantitative estimate of drug-likeness (QED) is 0.475. The first-order chi connectivity index (χ1) is 4.61. The maximum atomic E-state index is 9.01. The molecule has 2 heteroatoms. The molecule has 1 aliphatic heterocycles. The van der Waals surface area contributed by atoms with Gasteiger partial charge in [-0.1, -0.05) is 0 Å². The summed E-state index contributed by atoms with van der Waals surface area (Å²) in [6, 6.07) is 0. The lowest BCUT2D eigenvalue weighted by Gasteiger charge is -2.15. The van der Waals surface area contributed by atoms with E-state index in [4.69, 9.17) is 9.22 Å². The molecule has 0 aromatic heterocycles. The van der Waals surface area contributed by atoms with Crippen molar-refractivity contribution < 1.29 is 14.0 Å². The summed E-state index contributed by atoms with van der Waals surface area (Å²) < 4.78 is 25.9. The van der Waals surface area contributed by atoms with Crippen molar-refractivity contribution in [2.75, 3.05) is 13.2 Å². The number of aliphatic hydroxyl groups is 1. The van der Waals surface area contributed by atoms with Gasteiger partial charge in [-0.25, -0.2) is 0 Å². The molecule has 1 N–H and O–H groups in total. The molecule has 1 aliphatic rings. The van der Waals surface area contributed by atoms with E-state index >= 15 is 0 Å². The molecule has 1 fully saturated rings. The summed E-state index contributed by atoms with van der Waals surface area (Å²) in [6.45, 7) is -1.90. The predicted octanol–water partition coefficient (Wildman–Crippen LogP) is 0.158. The first-order valence-corrected chi connectivity index (χ1v) is 2.21. The van der Waals surface area contributed by atoms with Crippen LogP contribution in [0.4, 0.5) is 0 Å². The van der Waals surface area contributed by atoms with Gasteiger partial charge in [0.15, 0.2) is 0 Å². The fourth-order valence-electron chi connectivity index (χ4n) is 0.424. The maximum absolute atomic E-state index is 9.01. The van der Waals surface area contributed by atoms with Gasteiger partial charge in [-0.15, -0.1) is 0 Å². The standard InChI is InChI=1S/C5H10O2/c6-5-1-3-7-4-2-5/h5-6H,1-4H2/i1D,3D,4D. The zero-order valence-electron chi connectivity index (χ0n) is 6.87. The second kappa shape index (κ2) is 2.28. The van der Waals surface area contributed by atoms with Crippen molar-refractivity contribution in [3.05, 3.63) is 0 Å². The Morgan fingerprint density at radius 3 is 3.29 bits per heavy atom. The monoisotopic (exact) mass is 105 g/mol. The van der Waals surface area contributed by atoms with Crippen LogP contribution in [0.15, 0.2) is 0 Å². The molecule has 0 bridgehead atoms. The van der Waals surface area contributed by atoms with E-state index in [0.29, 0.717) is 0 Å². The normalized spacial score (nSPS) is 70.7. The third-order valence-corrected chi connectivity index (χ3v) is 0.813. The van der Waals surface area contributed by atoms with Crippen LogP contribution in [0.25, 0.3) is 0 Å². The van der Waals surface area contributed by atoms with Gasteiger partial charge in [-0.3, -0.25) is 0 Å². The molecule has 0 aromatic carbocycles. The van der Waals surface area contributed by atoms with Crippen LogP contribution in [0.5, 0.6) is 0 Å². The topological polar surface area (TPSA) is 29.5 Å². The fraction of sp³-hybridized carbons (Fsp3) is 1.00. The molecule has 0 radical (unpaired) electrons. The van der Waals surface area contributed by atoms with Crippen molar-refractivity contribution in [2.45, 2.75) is 18.9 Å². The van der Waals surface area contributed by atoms with Gasteiger partial charge >= 0.3 is 0 Å². The first kappa shape index (κ1) is 2.46. The number of ether oxygens (including phenoxy) is 1. The van der Waals surface area contributed by atoms with Gasteiger partial charge in [0.1, 0.15) is 0 Å². The van der Waals surface area contributed by atoms with E-state index in [1.807, 2.05) is 0 Å². The highest BCUT2D eigenvalue weighted by Gasteiger charge is 2.07. The molecule has 42 valence electrons. The molecule has 0 aromatic rings. The molecule has 4 atom stereocenters. The Bertz CT molecular complexity index is 109. The summed E-state index contributed by atoms with van der Waals surface area (Å²) in [7, 11) is 0. The average Bonchev–Trinajstić information content (AvgIpc) is 1.82. The largest absolute Gasteiger partial charge is 0.393 e. The van der Waals surface area contributed by atoms with Crippen LogP contribution in [-0.4, -0.2) is 24.4 Å². The number of rotatable bonds is 0. The van der Waals surface area contributed by atoms with Crippen LogP contribution in [0.2, 0.25) is 0 Å². The molecule has 4 unspecified atom stereocenters. The van der Waals surface area contributed by atoms with Crippen molar-refractivity contribution in [3.8, 4) is 0 Å². The van der Waals surface area contributed by atoms with Gasteiger partial charge in [0.05, 0.1) is 8.85 Å². The van der Waals surface area contributed by atoms with Gasteiger partial charge in [0.2, 0.25) is 0 Å². The van der Waals surface area contributed by atoms with Crippen LogP contribution < -0.4 is 0 Å². The summed E-state index contributed by atoms with van der Waals surface area (Å²) >= 11 is 0. The van der Waals surface area contributed by atoms with Gasteiger partial charge in [-0.05, 0) is 12.8 Å². The summed E-state index contributed by atoms with van der Waals surface area (Å²) in [5, 5.41) is 9.01. The zero-order chi connectivity index (χ0) is 7.72. The summed E-state index contributed by atoms with van der Waals surface area (Å²) in [6.07, 6.45) is -1.65. The Hall–Kier alpha value is -0.0800. The van der Waals surface area contributed by atoms with Gasteiger partial charge in [-0.2, -0.15) is 0 Å². The van der Waals surface area contributed by atoms with E-state index in [1.165, 1.54) is 0 Å². The Balaban J connectivity index is 2.49. The van der Waals surface area contributed by atoms with Gasteiger partial charge in [0, 0.05) is 14.5 Å². The second-order valence-electron chi connectivity index (χ2n) is 1.43. The highest BCUT2D eigenvalue weighted by Crippen LogP contribution is 2.03. The SMILES string of the molecule is [2H]C1CC(O)C([2H])C([2H])O1. The molecule has 1 rings (SSSR count). The lowest BCUT2D eigenvalue weighted by molar-refractivity contribution is 0.0140. The van der Waals surface area contributed by atoms with Gasteiger partial charge < -0.3 is 9.84 Å². The molecule has 1 saturated heterocycles.